The van der Waals surface area contributed by atoms with Crippen molar-refractivity contribution in [2.45, 2.75) is 49.3 Å². The molecule has 0 aliphatic heterocycles. The average Bonchev–Trinajstić information content (AvgIpc) is 3.23. The molecular weight excluding hydrogens is 338 g/mol. The zero-order valence-electron chi connectivity index (χ0n) is 12.6. The van der Waals surface area contributed by atoms with Crippen molar-refractivity contribution in [3.63, 3.8) is 0 Å². The summed E-state index contributed by atoms with van der Waals surface area (Å²) in [5.41, 5.74) is 5.82. The van der Waals surface area contributed by atoms with E-state index in [0.29, 0.717) is 37.1 Å². The van der Waals surface area contributed by atoms with Crippen molar-refractivity contribution in [2.24, 2.45) is 5.73 Å². The Morgan fingerprint density at radius 3 is 2.43 bits per heavy atom. The SMILES string of the molecule is NC(=O)C1(Nc2ccc(NS(=O)(=O)C3CC3)c(Cl)c2)CCCC1. The Balaban J connectivity index is 1.78. The number of nitrogens with two attached hydrogens (primary N) is 1. The van der Waals surface area contributed by atoms with Crippen molar-refractivity contribution in [3.8, 4) is 0 Å². The molecule has 6 nitrogen and oxygen atoms in total. The molecule has 0 unspecified atom stereocenters. The van der Waals surface area contributed by atoms with Gasteiger partial charge in [0.25, 0.3) is 0 Å². The maximum absolute atomic E-state index is 12.0. The van der Waals surface area contributed by atoms with E-state index in [0.717, 1.165) is 12.8 Å². The number of benzene rings is 1. The summed E-state index contributed by atoms with van der Waals surface area (Å²) in [5.74, 6) is -0.371. The molecule has 4 N–H and O–H groups in total. The number of anilines is 2. The molecule has 126 valence electrons. The number of primary amides is 1. The molecule has 1 amide bonds. The van der Waals surface area contributed by atoms with Gasteiger partial charge < -0.3 is 11.1 Å². The van der Waals surface area contributed by atoms with Crippen LogP contribution < -0.4 is 15.8 Å². The molecule has 2 saturated carbocycles. The minimum absolute atomic E-state index is 0.289. The number of hydrogen-bond acceptors (Lipinski definition) is 4. The van der Waals surface area contributed by atoms with Crippen LogP contribution in [0.5, 0.6) is 0 Å². The van der Waals surface area contributed by atoms with E-state index in [9.17, 15) is 13.2 Å². The van der Waals surface area contributed by atoms with E-state index >= 15 is 0 Å². The monoisotopic (exact) mass is 357 g/mol. The fraction of sp³-hybridized carbons (Fsp3) is 0.533. The van der Waals surface area contributed by atoms with Crippen molar-refractivity contribution in [1.82, 2.24) is 0 Å². The van der Waals surface area contributed by atoms with Crippen LogP contribution in [0.4, 0.5) is 11.4 Å². The topological polar surface area (TPSA) is 101 Å². The second kappa shape index (κ2) is 5.87. The molecule has 0 aromatic heterocycles. The van der Waals surface area contributed by atoms with Crippen LogP contribution >= 0.6 is 11.6 Å². The van der Waals surface area contributed by atoms with Gasteiger partial charge in [0.1, 0.15) is 5.54 Å². The van der Waals surface area contributed by atoms with E-state index in [1.165, 1.54) is 0 Å². The molecule has 1 aromatic carbocycles. The summed E-state index contributed by atoms with van der Waals surface area (Å²) in [7, 11) is -3.35. The zero-order chi connectivity index (χ0) is 16.7. The van der Waals surface area contributed by atoms with Gasteiger partial charge in [-0.1, -0.05) is 24.4 Å². The minimum Gasteiger partial charge on any atom is -0.371 e. The highest BCUT2D eigenvalue weighted by Gasteiger charge is 2.39. The van der Waals surface area contributed by atoms with Gasteiger partial charge in [-0.25, -0.2) is 8.42 Å². The Kier molecular flexibility index (Phi) is 4.18. The molecule has 0 spiro atoms. The third-order valence-electron chi connectivity index (χ3n) is 4.50. The normalized spacial score (nSPS) is 20.2. The van der Waals surface area contributed by atoms with Crippen LogP contribution in [-0.2, 0) is 14.8 Å². The fourth-order valence-corrected chi connectivity index (χ4v) is 4.67. The molecule has 0 heterocycles. The molecule has 2 aliphatic carbocycles. The van der Waals surface area contributed by atoms with Gasteiger partial charge in [0.05, 0.1) is 16.0 Å². The number of sulfonamides is 1. The molecule has 0 saturated heterocycles. The number of nitrogens with one attached hydrogen (secondary N) is 2. The first-order chi connectivity index (χ1) is 10.8. The molecule has 0 bridgehead atoms. The summed E-state index contributed by atoms with van der Waals surface area (Å²) >= 11 is 6.19. The van der Waals surface area contributed by atoms with Gasteiger partial charge in [0, 0.05) is 5.69 Å². The van der Waals surface area contributed by atoms with Crippen LogP contribution in [0.3, 0.4) is 0 Å². The van der Waals surface area contributed by atoms with Gasteiger partial charge in [-0.2, -0.15) is 0 Å². The Labute approximate surface area is 140 Å². The molecule has 8 heteroatoms. The Morgan fingerprint density at radius 2 is 1.91 bits per heavy atom. The van der Waals surface area contributed by atoms with Gasteiger partial charge in [-0.3, -0.25) is 9.52 Å². The highest BCUT2D eigenvalue weighted by Crippen LogP contribution is 2.36. The van der Waals surface area contributed by atoms with Crippen molar-refractivity contribution in [3.05, 3.63) is 23.2 Å². The lowest BCUT2D eigenvalue weighted by molar-refractivity contribution is -0.122. The van der Waals surface area contributed by atoms with Crippen LogP contribution in [0.25, 0.3) is 0 Å². The number of halogens is 1. The van der Waals surface area contributed by atoms with E-state index in [-0.39, 0.29) is 16.2 Å². The van der Waals surface area contributed by atoms with Crippen molar-refractivity contribution < 1.29 is 13.2 Å². The quantitative estimate of drug-likeness (QED) is 0.727. The summed E-state index contributed by atoms with van der Waals surface area (Å²) in [4.78, 5) is 11.8. The minimum atomic E-state index is -3.35. The predicted octanol–water partition coefficient (Wildman–Crippen LogP) is 2.45. The molecule has 23 heavy (non-hydrogen) atoms. The van der Waals surface area contributed by atoms with Crippen molar-refractivity contribution >= 4 is 38.9 Å². The molecule has 1 aromatic rings. The second-order valence-electron chi connectivity index (χ2n) is 6.32. The molecule has 3 rings (SSSR count). The molecular formula is C15H20ClN3O3S. The third-order valence-corrected chi connectivity index (χ3v) is 6.66. The second-order valence-corrected chi connectivity index (χ2v) is 8.69. The summed E-state index contributed by atoms with van der Waals surface area (Å²) in [6.45, 7) is 0. The van der Waals surface area contributed by atoms with Crippen LogP contribution in [0.15, 0.2) is 18.2 Å². The first-order valence-corrected chi connectivity index (χ1v) is 9.64. The summed E-state index contributed by atoms with van der Waals surface area (Å²) in [6.07, 6.45) is 4.65. The Hall–Kier alpha value is -1.47. The van der Waals surface area contributed by atoms with Crippen LogP contribution in [0.1, 0.15) is 38.5 Å². The van der Waals surface area contributed by atoms with Gasteiger partial charge in [-0.15, -0.1) is 0 Å². The lowest BCUT2D eigenvalue weighted by Gasteiger charge is -2.28. The van der Waals surface area contributed by atoms with E-state index in [4.69, 9.17) is 17.3 Å². The van der Waals surface area contributed by atoms with E-state index in [1.54, 1.807) is 18.2 Å². The summed E-state index contributed by atoms with van der Waals surface area (Å²) in [6, 6.07) is 4.93. The highest BCUT2D eigenvalue weighted by molar-refractivity contribution is 7.93. The Morgan fingerprint density at radius 1 is 1.26 bits per heavy atom. The summed E-state index contributed by atoms with van der Waals surface area (Å²) < 4.78 is 26.5. The predicted molar refractivity (Wildman–Crippen MR) is 91.0 cm³/mol. The maximum Gasteiger partial charge on any atom is 0.243 e. The van der Waals surface area contributed by atoms with Crippen LogP contribution in [0.2, 0.25) is 5.02 Å². The fourth-order valence-electron chi connectivity index (χ4n) is 2.98. The molecule has 2 fully saturated rings. The summed E-state index contributed by atoms with van der Waals surface area (Å²) in [5, 5.41) is 3.16. The van der Waals surface area contributed by atoms with Gasteiger partial charge >= 0.3 is 0 Å². The highest BCUT2D eigenvalue weighted by atomic mass is 35.5. The lowest BCUT2D eigenvalue weighted by atomic mass is 9.96. The number of carbonyl (C=O) groups excluding carboxylic acids is 1. The number of rotatable bonds is 6. The largest absolute Gasteiger partial charge is 0.371 e. The standard InChI is InChI=1S/C15H20ClN3O3S/c16-12-9-10(18-15(14(17)20)7-1-2-8-15)3-6-13(12)19-23(21,22)11-4-5-11/h3,6,9,11,18-19H,1-2,4-5,7-8H2,(H2,17,20). The molecule has 2 aliphatic rings. The van der Waals surface area contributed by atoms with Gasteiger partial charge in [-0.05, 0) is 43.9 Å². The smallest absolute Gasteiger partial charge is 0.243 e. The van der Waals surface area contributed by atoms with E-state index in [2.05, 4.69) is 10.0 Å². The molecule has 0 radical (unpaired) electrons. The number of amides is 1. The van der Waals surface area contributed by atoms with Crippen molar-refractivity contribution in [2.75, 3.05) is 10.0 Å². The number of hydrogen-bond donors (Lipinski definition) is 3. The van der Waals surface area contributed by atoms with Gasteiger partial charge in [0.15, 0.2) is 0 Å². The van der Waals surface area contributed by atoms with E-state index in [1.807, 2.05) is 0 Å². The number of carbonyl (C=O) groups is 1. The third kappa shape index (κ3) is 3.40. The average molecular weight is 358 g/mol. The van der Waals surface area contributed by atoms with E-state index < -0.39 is 15.6 Å². The van der Waals surface area contributed by atoms with Crippen LogP contribution in [-0.4, -0.2) is 25.1 Å². The van der Waals surface area contributed by atoms with Gasteiger partial charge in [0.2, 0.25) is 15.9 Å². The van der Waals surface area contributed by atoms with Crippen molar-refractivity contribution in [1.29, 1.82) is 0 Å². The molecule has 0 atom stereocenters. The lowest BCUT2D eigenvalue weighted by Crippen LogP contribution is -2.48. The zero-order valence-corrected chi connectivity index (χ0v) is 14.2. The maximum atomic E-state index is 12.0. The van der Waals surface area contributed by atoms with Crippen LogP contribution in [0, 0.1) is 0 Å². The first kappa shape index (κ1) is 16.4. The Bertz CT molecular complexity index is 725. The first-order valence-electron chi connectivity index (χ1n) is 7.72.